The molecule has 0 amide bonds. The molecular weight excluding hydrogens is 480 g/mol. The first-order chi connectivity index (χ1) is 17.4. The summed E-state index contributed by atoms with van der Waals surface area (Å²) >= 11 is 1.19. The Bertz CT molecular complexity index is 1440. The average Bonchev–Trinajstić information content (AvgIpc) is 3.22. The molecule has 0 atom stereocenters. The highest BCUT2D eigenvalue weighted by atomic mass is 32.1. The van der Waals surface area contributed by atoms with Crippen molar-refractivity contribution < 1.29 is 28.5 Å². The molecule has 0 unspecified atom stereocenters. The van der Waals surface area contributed by atoms with Crippen LogP contribution in [0.25, 0.3) is 21.3 Å². The number of hydrogen-bond donors (Lipinski definition) is 1. The topological polar surface area (TPSA) is 110 Å². The molecule has 36 heavy (non-hydrogen) atoms. The van der Waals surface area contributed by atoms with E-state index in [4.69, 9.17) is 24.7 Å². The summed E-state index contributed by atoms with van der Waals surface area (Å²) in [4.78, 5) is 32.0. The van der Waals surface area contributed by atoms with Gasteiger partial charge in [0.05, 0.1) is 44.9 Å². The van der Waals surface area contributed by atoms with Crippen molar-refractivity contribution in [1.82, 2.24) is 4.98 Å². The van der Waals surface area contributed by atoms with E-state index in [1.165, 1.54) is 32.7 Å². The number of pyridine rings is 1. The monoisotopic (exact) mass is 506 g/mol. The van der Waals surface area contributed by atoms with Crippen LogP contribution in [0.4, 0.5) is 5.69 Å². The highest BCUT2D eigenvalue weighted by Crippen LogP contribution is 2.47. The number of nitrogens with zero attached hydrogens (tertiary/aromatic N) is 1. The summed E-state index contributed by atoms with van der Waals surface area (Å²) < 4.78 is 21.9. The minimum Gasteiger partial charge on any atom is -0.493 e. The van der Waals surface area contributed by atoms with Gasteiger partial charge in [-0.3, -0.25) is 4.79 Å². The van der Waals surface area contributed by atoms with Crippen molar-refractivity contribution in [3.05, 3.63) is 64.2 Å². The number of rotatable bonds is 8. The molecule has 186 valence electrons. The summed E-state index contributed by atoms with van der Waals surface area (Å²) in [6, 6.07) is 12.3. The van der Waals surface area contributed by atoms with Crippen LogP contribution in [-0.4, -0.2) is 44.7 Å². The number of carbonyl (C=O) groups is 2. The van der Waals surface area contributed by atoms with Crippen LogP contribution in [0.3, 0.4) is 0 Å². The normalized spacial score (nSPS) is 10.8. The molecular formula is C27H26N2O6S. The van der Waals surface area contributed by atoms with Gasteiger partial charge in [0.25, 0.3) is 0 Å². The molecule has 2 N–H and O–H groups in total. The van der Waals surface area contributed by atoms with Crippen LogP contribution in [0.1, 0.15) is 38.2 Å². The first kappa shape index (κ1) is 25.0. The summed E-state index contributed by atoms with van der Waals surface area (Å²) in [6.45, 7) is 3.64. The van der Waals surface area contributed by atoms with Crippen molar-refractivity contribution in [2.24, 2.45) is 0 Å². The Morgan fingerprint density at radius 3 is 2.19 bits per heavy atom. The van der Waals surface area contributed by atoms with Gasteiger partial charge in [0, 0.05) is 16.5 Å². The van der Waals surface area contributed by atoms with E-state index in [9.17, 15) is 9.59 Å². The maximum atomic E-state index is 13.3. The van der Waals surface area contributed by atoms with Crippen LogP contribution >= 0.6 is 11.3 Å². The lowest BCUT2D eigenvalue weighted by Crippen LogP contribution is -2.11. The summed E-state index contributed by atoms with van der Waals surface area (Å²) in [5.41, 5.74) is 9.12. The Hall–Kier alpha value is -4.11. The second-order valence-corrected chi connectivity index (χ2v) is 8.80. The number of anilines is 1. The van der Waals surface area contributed by atoms with E-state index in [1.807, 2.05) is 6.07 Å². The quantitative estimate of drug-likeness (QED) is 0.254. The molecule has 8 nitrogen and oxygen atoms in total. The van der Waals surface area contributed by atoms with Gasteiger partial charge >= 0.3 is 5.97 Å². The number of benzene rings is 2. The molecule has 4 aromatic rings. The Balaban J connectivity index is 2.09. The number of nitrogen functional groups attached to an aromatic ring is 1. The lowest BCUT2D eigenvalue weighted by atomic mass is 9.94. The molecule has 4 rings (SSSR count). The lowest BCUT2D eigenvalue weighted by molar-refractivity contribution is 0.0526. The Kier molecular flexibility index (Phi) is 7.12. The summed E-state index contributed by atoms with van der Waals surface area (Å²) in [6.07, 6.45) is 0. The van der Waals surface area contributed by atoms with Crippen molar-refractivity contribution in [2.45, 2.75) is 13.8 Å². The summed E-state index contributed by atoms with van der Waals surface area (Å²) in [7, 11) is 4.53. The second-order valence-electron chi connectivity index (χ2n) is 7.80. The number of aryl methyl sites for hydroxylation is 1. The number of thiophene rings is 1. The zero-order valence-corrected chi connectivity index (χ0v) is 21.4. The number of ketones is 1. The third kappa shape index (κ3) is 4.22. The standard InChI is InChI=1S/C27H26N2O6S/c1-6-35-27(31)19-14(2)29-26-21(22(28)25(36-26)23(30)15-10-8-7-9-11-15)20(19)16-12-17(32-3)24(34-5)18(13-16)33-4/h7-13H,6,28H2,1-5H3. The fraction of sp³-hybridized carbons (Fsp3) is 0.222. The van der Waals surface area contributed by atoms with E-state index in [0.717, 1.165) is 0 Å². The third-order valence-electron chi connectivity index (χ3n) is 5.73. The first-order valence-corrected chi connectivity index (χ1v) is 12.0. The summed E-state index contributed by atoms with van der Waals surface area (Å²) in [5, 5.41) is 0.488. The molecule has 2 heterocycles. The van der Waals surface area contributed by atoms with Crippen LogP contribution in [0, 0.1) is 6.92 Å². The van der Waals surface area contributed by atoms with E-state index >= 15 is 0 Å². The van der Waals surface area contributed by atoms with Gasteiger partial charge < -0.3 is 24.7 Å². The molecule has 9 heteroatoms. The van der Waals surface area contributed by atoms with Gasteiger partial charge in [0.1, 0.15) is 9.71 Å². The van der Waals surface area contributed by atoms with E-state index in [-0.39, 0.29) is 23.6 Å². The van der Waals surface area contributed by atoms with Gasteiger partial charge in [-0.1, -0.05) is 30.3 Å². The molecule has 0 fully saturated rings. The Morgan fingerprint density at radius 1 is 1.00 bits per heavy atom. The van der Waals surface area contributed by atoms with Crippen molar-refractivity contribution in [3.8, 4) is 28.4 Å². The number of hydrogen-bond acceptors (Lipinski definition) is 9. The zero-order chi connectivity index (χ0) is 26.0. The van der Waals surface area contributed by atoms with Gasteiger partial charge in [-0.25, -0.2) is 9.78 Å². The molecule has 0 spiro atoms. The second kappa shape index (κ2) is 10.2. The molecule has 0 saturated carbocycles. The van der Waals surface area contributed by atoms with Crippen LogP contribution in [0.2, 0.25) is 0 Å². The van der Waals surface area contributed by atoms with Crippen molar-refractivity contribution in [3.63, 3.8) is 0 Å². The number of carbonyl (C=O) groups excluding carboxylic acids is 2. The number of esters is 1. The molecule has 0 aliphatic rings. The smallest absolute Gasteiger partial charge is 0.340 e. The van der Waals surface area contributed by atoms with Crippen molar-refractivity contribution >= 4 is 39.0 Å². The zero-order valence-electron chi connectivity index (χ0n) is 20.6. The largest absolute Gasteiger partial charge is 0.493 e. The Morgan fingerprint density at radius 2 is 1.64 bits per heavy atom. The minimum atomic E-state index is -0.547. The molecule has 2 aromatic heterocycles. The maximum absolute atomic E-state index is 13.3. The molecule has 0 bridgehead atoms. The number of methoxy groups -OCH3 is 3. The van der Waals surface area contributed by atoms with Crippen molar-refractivity contribution in [2.75, 3.05) is 33.7 Å². The molecule has 0 saturated heterocycles. The van der Waals surface area contributed by atoms with Crippen LogP contribution in [-0.2, 0) is 4.74 Å². The highest BCUT2D eigenvalue weighted by Gasteiger charge is 2.29. The van der Waals surface area contributed by atoms with Crippen LogP contribution in [0.5, 0.6) is 17.2 Å². The number of aromatic nitrogens is 1. The molecule has 0 radical (unpaired) electrons. The Labute approximate surface area is 212 Å². The van der Waals surface area contributed by atoms with E-state index in [0.29, 0.717) is 54.7 Å². The minimum absolute atomic E-state index is 0.182. The number of nitrogens with two attached hydrogens (primary N) is 1. The van der Waals surface area contributed by atoms with Gasteiger partial charge in [0.15, 0.2) is 11.5 Å². The number of fused-ring (bicyclic) bond motifs is 1. The molecule has 0 aliphatic carbocycles. The maximum Gasteiger partial charge on any atom is 0.340 e. The van der Waals surface area contributed by atoms with E-state index in [1.54, 1.807) is 50.2 Å². The van der Waals surface area contributed by atoms with Crippen molar-refractivity contribution in [1.29, 1.82) is 0 Å². The fourth-order valence-electron chi connectivity index (χ4n) is 4.12. The van der Waals surface area contributed by atoms with Gasteiger partial charge in [0.2, 0.25) is 11.5 Å². The van der Waals surface area contributed by atoms with E-state index < -0.39 is 5.97 Å². The van der Waals surface area contributed by atoms with Crippen LogP contribution in [0.15, 0.2) is 42.5 Å². The SMILES string of the molecule is CCOC(=O)c1c(C)nc2sc(C(=O)c3ccccc3)c(N)c2c1-c1cc(OC)c(OC)c(OC)c1. The predicted molar refractivity (Wildman–Crippen MR) is 140 cm³/mol. The average molecular weight is 507 g/mol. The first-order valence-electron chi connectivity index (χ1n) is 11.2. The fourth-order valence-corrected chi connectivity index (χ4v) is 5.23. The molecule has 0 aliphatic heterocycles. The van der Waals surface area contributed by atoms with Gasteiger partial charge in [-0.2, -0.15) is 0 Å². The van der Waals surface area contributed by atoms with Gasteiger partial charge in [-0.05, 0) is 31.5 Å². The third-order valence-corrected chi connectivity index (χ3v) is 6.83. The highest BCUT2D eigenvalue weighted by molar-refractivity contribution is 7.21. The van der Waals surface area contributed by atoms with Crippen LogP contribution < -0.4 is 19.9 Å². The number of ether oxygens (including phenoxy) is 4. The lowest BCUT2D eigenvalue weighted by Gasteiger charge is -2.17. The molecule has 2 aromatic carbocycles. The predicted octanol–water partition coefficient (Wildman–Crippen LogP) is 5.29. The van der Waals surface area contributed by atoms with E-state index in [2.05, 4.69) is 4.98 Å². The summed E-state index contributed by atoms with van der Waals surface area (Å²) in [5.74, 6) is 0.441. The van der Waals surface area contributed by atoms with Gasteiger partial charge in [-0.15, -0.1) is 11.3 Å².